The number of rotatable bonds is 8. The van der Waals surface area contributed by atoms with Gasteiger partial charge in [-0.05, 0) is 53.3 Å². The molecule has 0 spiro atoms. The van der Waals surface area contributed by atoms with Gasteiger partial charge in [0.2, 0.25) is 0 Å². The highest BCUT2D eigenvalue weighted by Crippen LogP contribution is 2.24. The Labute approximate surface area is 138 Å². The minimum absolute atomic E-state index is 0.0953. The first-order valence-corrected chi connectivity index (χ1v) is 8.36. The molecule has 0 aliphatic heterocycles. The normalized spacial score (nSPS) is 11.9. The molecule has 0 unspecified atom stereocenters. The van der Waals surface area contributed by atoms with Crippen molar-refractivity contribution in [3.05, 3.63) is 46.5 Å². The van der Waals surface area contributed by atoms with Crippen molar-refractivity contribution < 1.29 is 19.1 Å². The van der Waals surface area contributed by atoms with Gasteiger partial charge < -0.3 is 20.2 Å². The number of hydrogen-bond acceptors (Lipinski definition) is 5. The maximum absolute atomic E-state index is 11.7. The second-order valence-corrected chi connectivity index (χ2v) is 5.85. The Bertz CT molecular complexity index is 596. The number of thiophene rings is 1. The van der Waals surface area contributed by atoms with Crippen LogP contribution in [0, 0.1) is 0 Å². The van der Waals surface area contributed by atoms with Crippen LogP contribution in [0.5, 0.6) is 0 Å². The predicted octanol–water partition coefficient (Wildman–Crippen LogP) is 1.63. The van der Waals surface area contributed by atoms with Crippen molar-refractivity contribution in [1.29, 1.82) is 0 Å². The summed E-state index contributed by atoms with van der Waals surface area (Å²) in [4.78, 5) is 23.4. The molecule has 0 saturated carbocycles. The van der Waals surface area contributed by atoms with Crippen LogP contribution in [0.2, 0.25) is 0 Å². The van der Waals surface area contributed by atoms with Gasteiger partial charge in [0.1, 0.15) is 5.76 Å². The maximum Gasteiger partial charge on any atom is 0.309 e. The Morgan fingerprint density at radius 3 is 2.70 bits per heavy atom. The van der Waals surface area contributed by atoms with Crippen LogP contribution < -0.4 is 10.6 Å². The Morgan fingerprint density at radius 2 is 2.04 bits per heavy atom. The van der Waals surface area contributed by atoms with E-state index in [0.717, 1.165) is 5.56 Å². The third-order valence-electron chi connectivity index (χ3n) is 3.48. The summed E-state index contributed by atoms with van der Waals surface area (Å²) in [7, 11) is 0. The Kier molecular flexibility index (Phi) is 6.83. The molecule has 23 heavy (non-hydrogen) atoms. The lowest BCUT2D eigenvalue weighted by atomic mass is 9.95. The summed E-state index contributed by atoms with van der Waals surface area (Å²) in [6.45, 7) is 0.660. The summed E-state index contributed by atoms with van der Waals surface area (Å²) in [5.41, 5.74) is 1.15. The van der Waals surface area contributed by atoms with Crippen molar-refractivity contribution in [2.45, 2.75) is 25.3 Å². The van der Waals surface area contributed by atoms with Gasteiger partial charge in [-0.3, -0.25) is 9.59 Å². The van der Waals surface area contributed by atoms with Crippen LogP contribution in [-0.2, 0) is 16.1 Å². The highest BCUT2D eigenvalue weighted by Gasteiger charge is 2.15. The number of carbonyl (C=O) groups is 2. The number of carbonyl (C=O) groups excluding carboxylic acids is 2. The highest BCUT2D eigenvalue weighted by atomic mass is 32.1. The average Bonchev–Trinajstić information content (AvgIpc) is 3.24. The van der Waals surface area contributed by atoms with Crippen molar-refractivity contribution in [2.75, 3.05) is 13.2 Å². The van der Waals surface area contributed by atoms with E-state index in [9.17, 15) is 9.59 Å². The van der Waals surface area contributed by atoms with E-state index in [1.807, 2.05) is 16.8 Å². The molecule has 7 heteroatoms. The second kappa shape index (κ2) is 9.12. The quantitative estimate of drug-likeness (QED) is 0.639. The van der Waals surface area contributed by atoms with Crippen molar-refractivity contribution in [2.24, 2.45) is 0 Å². The predicted molar refractivity (Wildman–Crippen MR) is 86.9 cm³/mol. The summed E-state index contributed by atoms with van der Waals surface area (Å²) in [5, 5.41) is 18.3. The minimum atomic E-state index is -0.685. The average molecular weight is 336 g/mol. The fraction of sp³-hybridized carbons (Fsp3) is 0.375. The summed E-state index contributed by atoms with van der Waals surface area (Å²) in [6, 6.07) is 5.45. The van der Waals surface area contributed by atoms with Crippen molar-refractivity contribution in [1.82, 2.24) is 10.6 Å². The van der Waals surface area contributed by atoms with Crippen LogP contribution in [0.4, 0.5) is 0 Å². The third-order valence-corrected chi connectivity index (χ3v) is 4.18. The van der Waals surface area contributed by atoms with E-state index in [1.165, 1.54) is 6.26 Å². The number of amides is 2. The van der Waals surface area contributed by atoms with Gasteiger partial charge in [0.25, 0.3) is 0 Å². The molecule has 2 heterocycles. The number of furan rings is 1. The zero-order chi connectivity index (χ0) is 16.5. The van der Waals surface area contributed by atoms with Gasteiger partial charge in [0, 0.05) is 13.2 Å². The first-order chi connectivity index (χ1) is 11.2. The van der Waals surface area contributed by atoms with E-state index in [4.69, 9.17) is 9.52 Å². The van der Waals surface area contributed by atoms with Crippen LogP contribution in [0.3, 0.4) is 0 Å². The van der Waals surface area contributed by atoms with Gasteiger partial charge in [0.05, 0.1) is 12.8 Å². The van der Waals surface area contributed by atoms with Crippen LogP contribution in [0.15, 0.2) is 39.6 Å². The molecule has 0 bridgehead atoms. The van der Waals surface area contributed by atoms with E-state index in [1.54, 1.807) is 23.5 Å². The van der Waals surface area contributed by atoms with E-state index in [-0.39, 0.29) is 19.1 Å². The van der Waals surface area contributed by atoms with Crippen LogP contribution in [0.1, 0.15) is 30.1 Å². The first-order valence-electron chi connectivity index (χ1n) is 7.42. The van der Waals surface area contributed by atoms with Crippen molar-refractivity contribution in [3.8, 4) is 0 Å². The lowest BCUT2D eigenvalue weighted by Gasteiger charge is -2.14. The molecule has 0 fully saturated rings. The zero-order valence-electron chi connectivity index (χ0n) is 12.7. The molecular weight excluding hydrogens is 316 g/mol. The molecular formula is C16H20N2O4S. The van der Waals surface area contributed by atoms with E-state index >= 15 is 0 Å². The Morgan fingerprint density at radius 1 is 1.22 bits per heavy atom. The first kappa shape index (κ1) is 17.2. The monoisotopic (exact) mass is 336 g/mol. The lowest BCUT2D eigenvalue weighted by molar-refractivity contribution is -0.139. The summed E-state index contributed by atoms with van der Waals surface area (Å²) >= 11 is 1.60. The molecule has 2 aromatic rings. The van der Waals surface area contributed by atoms with Crippen LogP contribution in [-0.4, -0.2) is 30.1 Å². The molecule has 6 nitrogen and oxygen atoms in total. The van der Waals surface area contributed by atoms with Gasteiger partial charge >= 0.3 is 11.8 Å². The Hall–Kier alpha value is -2.12. The molecule has 0 aliphatic carbocycles. The minimum Gasteiger partial charge on any atom is -0.467 e. The van der Waals surface area contributed by atoms with Crippen molar-refractivity contribution >= 4 is 23.2 Å². The molecule has 124 valence electrons. The largest absolute Gasteiger partial charge is 0.467 e. The van der Waals surface area contributed by atoms with Crippen molar-refractivity contribution in [3.63, 3.8) is 0 Å². The topological polar surface area (TPSA) is 91.6 Å². The lowest BCUT2D eigenvalue weighted by Crippen LogP contribution is -2.40. The van der Waals surface area contributed by atoms with E-state index < -0.39 is 11.8 Å². The molecule has 2 amide bonds. The number of nitrogens with one attached hydrogen (secondary N) is 2. The van der Waals surface area contributed by atoms with E-state index in [0.29, 0.717) is 25.1 Å². The summed E-state index contributed by atoms with van der Waals surface area (Å²) in [5.74, 6) is -0.579. The second-order valence-electron chi connectivity index (χ2n) is 5.07. The summed E-state index contributed by atoms with van der Waals surface area (Å²) < 4.78 is 5.08. The van der Waals surface area contributed by atoms with Gasteiger partial charge in [-0.15, -0.1) is 0 Å². The molecule has 0 aliphatic rings. The van der Waals surface area contributed by atoms with Gasteiger partial charge in [-0.2, -0.15) is 11.3 Å². The molecule has 0 saturated heterocycles. The third kappa shape index (κ3) is 5.54. The maximum atomic E-state index is 11.7. The summed E-state index contributed by atoms with van der Waals surface area (Å²) in [6.07, 6.45) is 2.82. The smallest absolute Gasteiger partial charge is 0.309 e. The molecule has 3 N–H and O–H groups in total. The molecule has 2 rings (SSSR count). The fourth-order valence-corrected chi connectivity index (χ4v) is 2.98. The van der Waals surface area contributed by atoms with Gasteiger partial charge in [-0.25, -0.2) is 0 Å². The number of aliphatic hydroxyl groups excluding tert-OH is 1. The SMILES string of the molecule is O=C(NCC[C@H](CCO)c1ccsc1)C(=O)NCc1ccco1. The zero-order valence-corrected chi connectivity index (χ0v) is 13.5. The standard InChI is InChI=1S/C16H20N2O4S/c19-7-4-12(13-5-9-23-11-13)3-6-17-15(20)16(21)18-10-14-2-1-8-22-14/h1-2,5,8-9,11-12,19H,3-4,6-7,10H2,(H,17,20)(H,18,21)/t12-/m1/s1. The molecule has 2 aromatic heterocycles. The van der Waals surface area contributed by atoms with Gasteiger partial charge in [0.15, 0.2) is 0 Å². The Balaban J connectivity index is 1.71. The number of hydrogen-bond donors (Lipinski definition) is 3. The highest BCUT2D eigenvalue weighted by molar-refractivity contribution is 7.07. The fourth-order valence-electron chi connectivity index (χ4n) is 2.24. The van der Waals surface area contributed by atoms with E-state index in [2.05, 4.69) is 10.6 Å². The van der Waals surface area contributed by atoms with Crippen LogP contribution in [0.25, 0.3) is 0 Å². The molecule has 1 atom stereocenters. The number of aliphatic hydroxyl groups is 1. The van der Waals surface area contributed by atoms with Crippen LogP contribution >= 0.6 is 11.3 Å². The van der Waals surface area contributed by atoms with Gasteiger partial charge in [-0.1, -0.05) is 0 Å². The molecule has 0 aromatic carbocycles. The molecule has 0 radical (unpaired) electrons.